The van der Waals surface area contributed by atoms with E-state index in [4.69, 9.17) is 11.5 Å². The predicted molar refractivity (Wildman–Crippen MR) is 58.9 cm³/mol. The molecule has 0 radical (unpaired) electrons. The number of nitrogens with two attached hydrogens (primary N) is 2. The lowest BCUT2D eigenvalue weighted by Gasteiger charge is -2.36. The largest absolute Gasteiger partial charge is 0.368 e. The van der Waals surface area contributed by atoms with Gasteiger partial charge < -0.3 is 10.6 Å². The molecule has 1 aliphatic heterocycles. The van der Waals surface area contributed by atoms with Gasteiger partial charge in [-0.1, -0.05) is 13.3 Å². The highest BCUT2D eigenvalue weighted by atomic mass is 15.4. The van der Waals surface area contributed by atoms with Gasteiger partial charge in [0.1, 0.15) is 5.84 Å². The second-order valence-corrected chi connectivity index (χ2v) is 3.75. The normalized spacial score (nSPS) is 27.3. The van der Waals surface area contributed by atoms with Gasteiger partial charge in [-0.05, 0) is 13.3 Å². The maximum atomic E-state index is 5.95. The molecule has 0 aliphatic carbocycles. The highest BCUT2D eigenvalue weighted by Crippen LogP contribution is 2.15. The molecule has 0 bridgehead atoms. The van der Waals surface area contributed by atoms with E-state index in [1.807, 2.05) is 18.9 Å². The third-order valence-electron chi connectivity index (χ3n) is 2.40. The molecule has 1 aliphatic rings. The Labute approximate surface area is 84.9 Å². The number of nitrogens with zero attached hydrogens (tertiary/aromatic N) is 3. The zero-order valence-corrected chi connectivity index (χ0v) is 9.12. The molecule has 0 saturated heterocycles. The molecule has 0 aromatic rings. The van der Waals surface area contributed by atoms with Crippen molar-refractivity contribution in [1.29, 1.82) is 0 Å². The van der Waals surface area contributed by atoms with Gasteiger partial charge in [0.25, 0.3) is 0 Å². The van der Waals surface area contributed by atoms with Crippen LogP contribution in [0.5, 0.6) is 0 Å². The minimum absolute atomic E-state index is 0.277. The molecule has 14 heavy (non-hydrogen) atoms. The standard InChI is InChI=1S/C9H19N5/c1-4-5-6-7-12-8(10)13-9(2,11)14(7)3/h4-6,11H2,1-3H3,(H2,10,13). The fourth-order valence-corrected chi connectivity index (χ4v) is 1.36. The number of amidine groups is 1. The third kappa shape index (κ3) is 2.23. The maximum absolute atomic E-state index is 5.95. The predicted octanol–water partition coefficient (Wildman–Crippen LogP) is 0.468. The Balaban J connectivity index is 2.79. The fraction of sp³-hybridized carbons (Fsp3) is 0.778. The van der Waals surface area contributed by atoms with Gasteiger partial charge in [0, 0.05) is 13.5 Å². The van der Waals surface area contributed by atoms with E-state index in [2.05, 4.69) is 16.9 Å². The smallest absolute Gasteiger partial charge is 0.220 e. The molecule has 1 atom stereocenters. The van der Waals surface area contributed by atoms with Crippen LogP contribution in [-0.2, 0) is 0 Å². The number of hydrogen-bond acceptors (Lipinski definition) is 5. The Kier molecular flexibility index (Phi) is 3.10. The van der Waals surface area contributed by atoms with Gasteiger partial charge in [-0.2, -0.15) is 0 Å². The van der Waals surface area contributed by atoms with Crippen LogP contribution in [0.4, 0.5) is 0 Å². The Hall–Kier alpha value is -1.10. The van der Waals surface area contributed by atoms with Crippen LogP contribution in [-0.4, -0.2) is 29.5 Å². The maximum Gasteiger partial charge on any atom is 0.220 e. The molecule has 1 heterocycles. The van der Waals surface area contributed by atoms with Crippen molar-refractivity contribution < 1.29 is 0 Å². The Bertz CT molecular complexity index is 266. The summed E-state index contributed by atoms with van der Waals surface area (Å²) in [5.41, 5.74) is 11.5. The monoisotopic (exact) mass is 197 g/mol. The van der Waals surface area contributed by atoms with Gasteiger partial charge in [-0.15, -0.1) is 0 Å². The molecule has 1 unspecified atom stereocenters. The van der Waals surface area contributed by atoms with E-state index < -0.39 is 5.79 Å². The van der Waals surface area contributed by atoms with Crippen LogP contribution in [0.25, 0.3) is 0 Å². The fourth-order valence-electron chi connectivity index (χ4n) is 1.36. The molecule has 0 aromatic heterocycles. The lowest BCUT2D eigenvalue weighted by molar-refractivity contribution is 0.240. The molecular weight excluding hydrogens is 178 g/mol. The molecule has 4 N–H and O–H groups in total. The summed E-state index contributed by atoms with van der Waals surface area (Å²) in [4.78, 5) is 10.1. The molecule has 0 fully saturated rings. The quantitative estimate of drug-likeness (QED) is 0.690. The topological polar surface area (TPSA) is 80.0 Å². The summed E-state index contributed by atoms with van der Waals surface area (Å²) in [5.74, 6) is 0.443. The highest BCUT2D eigenvalue weighted by molar-refractivity contribution is 5.97. The van der Waals surface area contributed by atoms with Crippen molar-refractivity contribution in [3.8, 4) is 0 Å². The van der Waals surface area contributed by atoms with Gasteiger partial charge in [0.15, 0.2) is 5.79 Å². The minimum Gasteiger partial charge on any atom is -0.368 e. The van der Waals surface area contributed by atoms with Gasteiger partial charge in [-0.25, -0.2) is 9.98 Å². The van der Waals surface area contributed by atoms with Crippen LogP contribution < -0.4 is 11.5 Å². The summed E-state index contributed by atoms with van der Waals surface area (Å²) < 4.78 is 0. The number of hydrogen-bond donors (Lipinski definition) is 2. The summed E-state index contributed by atoms with van der Waals surface area (Å²) in [7, 11) is 1.89. The van der Waals surface area contributed by atoms with E-state index in [1.54, 1.807) is 0 Å². The van der Waals surface area contributed by atoms with Gasteiger partial charge in [0.05, 0.1) is 0 Å². The van der Waals surface area contributed by atoms with Crippen LogP contribution in [0.3, 0.4) is 0 Å². The first-order chi connectivity index (χ1) is 6.47. The van der Waals surface area contributed by atoms with Gasteiger partial charge in [0.2, 0.25) is 5.96 Å². The number of unbranched alkanes of at least 4 members (excludes halogenated alkanes) is 1. The van der Waals surface area contributed by atoms with Crippen LogP contribution in [0.2, 0.25) is 0 Å². The average molecular weight is 197 g/mol. The zero-order valence-electron chi connectivity index (χ0n) is 9.12. The molecule has 5 heteroatoms. The van der Waals surface area contributed by atoms with Crippen LogP contribution in [0.15, 0.2) is 9.98 Å². The third-order valence-corrected chi connectivity index (χ3v) is 2.40. The van der Waals surface area contributed by atoms with Crippen molar-refractivity contribution in [2.45, 2.75) is 38.9 Å². The zero-order chi connectivity index (χ0) is 10.8. The molecule has 80 valence electrons. The molecular formula is C9H19N5. The van der Waals surface area contributed by atoms with Crippen molar-refractivity contribution in [3.05, 3.63) is 0 Å². The van der Waals surface area contributed by atoms with Gasteiger partial charge in [-0.3, -0.25) is 5.73 Å². The van der Waals surface area contributed by atoms with Crippen LogP contribution in [0, 0.1) is 0 Å². The lowest BCUT2D eigenvalue weighted by Crippen LogP contribution is -2.56. The molecule has 0 amide bonds. The summed E-state index contributed by atoms with van der Waals surface area (Å²) in [6.07, 6.45) is 3.12. The van der Waals surface area contributed by atoms with Crippen molar-refractivity contribution in [2.24, 2.45) is 21.5 Å². The van der Waals surface area contributed by atoms with Crippen molar-refractivity contribution in [2.75, 3.05) is 7.05 Å². The molecule has 0 aromatic carbocycles. The average Bonchev–Trinajstić information content (AvgIpc) is 2.08. The Morgan fingerprint density at radius 2 is 2.14 bits per heavy atom. The van der Waals surface area contributed by atoms with Crippen molar-refractivity contribution in [3.63, 3.8) is 0 Å². The van der Waals surface area contributed by atoms with Crippen molar-refractivity contribution >= 4 is 11.8 Å². The molecule has 0 spiro atoms. The van der Waals surface area contributed by atoms with E-state index in [1.165, 1.54) is 0 Å². The minimum atomic E-state index is -0.755. The van der Waals surface area contributed by atoms with E-state index in [-0.39, 0.29) is 5.96 Å². The first-order valence-corrected chi connectivity index (χ1v) is 4.93. The van der Waals surface area contributed by atoms with E-state index in [9.17, 15) is 0 Å². The van der Waals surface area contributed by atoms with Gasteiger partial charge >= 0.3 is 0 Å². The second kappa shape index (κ2) is 3.96. The summed E-state index contributed by atoms with van der Waals surface area (Å²) >= 11 is 0. The summed E-state index contributed by atoms with van der Waals surface area (Å²) in [6.45, 7) is 3.96. The van der Waals surface area contributed by atoms with E-state index in [0.717, 1.165) is 25.1 Å². The van der Waals surface area contributed by atoms with Crippen LogP contribution in [0.1, 0.15) is 33.1 Å². The first kappa shape index (κ1) is 11.0. The molecule has 5 nitrogen and oxygen atoms in total. The number of aliphatic imine (C=N–C) groups is 2. The van der Waals surface area contributed by atoms with E-state index in [0.29, 0.717) is 0 Å². The summed E-state index contributed by atoms with van der Waals surface area (Å²) in [6, 6.07) is 0. The molecule has 0 saturated carbocycles. The number of guanidine groups is 1. The Morgan fingerprint density at radius 1 is 1.50 bits per heavy atom. The first-order valence-electron chi connectivity index (χ1n) is 4.93. The summed E-state index contributed by atoms with van der Waals surface area (Å²) in [5, 5.41) is 0. The Morgan fingerprint density at radius 3 is 2.71 bits per heavy atom. The second-order valence-electron chi connectivity index (χ2n) is 3.75. The number of rotatable bonds is 3. The van der Waals surface area contributed by atoms with Crippen molar-refractivity contribution in [1.82, 2.24) is 4.90 Å². The van der Waals surface area contributed by atoms with Crippen LogP contribution >= 0.6 is 0 Å². The molecule has 1 rings (SSSR count). The highest BCUT2D eigenvalue weighted by Gasteiger charge is 2.29. The lowest BCUT2D eigenvalue weighted by atomic mass is 10.2. The van der Waals surface area contributed by atoms with E-state index >= 15 is 0 Å². The SMILES string of the molecule is CCCCC1=NC(N)=NC(C)(N)N1C.